The molecule has 0 saturated heterocycles. The number of rotatable bonds is 7. The summed E-state index contributed by atoms with van der Waals surface area (Å²) in [6.07, 6.45) is 10.9. The number of nitrogens with zero attached hydrogens (tertiary/aromatic N) is 1. The molecule has 1 saturated carbocycles. The molecule has 7 nitrogen and oxygen atoms in total. The third kappa shape index (κ3) is 5.66. The minimum atomic E-state index is -0.149. The van der Waals surface area contributed by atoms with E-state index in [2.05, 4.69) is 26.9 Å². The van der Waals surface area contributed by atoms with Crippen molar-refractivity contribution in [3.63, 3.8) is 0 Å². The zero-order chi connectivity index (χ0) is 19.1. The van der Waals surface area contributed by atoms with Crippen LogP contribution in [0.1, 0.15) is 50.6 Å². The number of carbonyl (C=O) groups is 2. The highest BCUT2D eigenvalue weighted by molar-refractivity contribution is 5.80. The summed E-state index contributed by atoms with van der Waals surface area (Å²) in [5.41, 5.74) is 2.11. The fourth-order valence-electron chi connectivity index (χ4n) is 4.04. The molecule has 2 aliphatic rings. The third-order valence-electron chi connectivity index (χ3n) is 5.59. The van der Waals surface area contributed by atoms with Crippen molar-refractivity contribution in [3.05, 3.63) is 29.6 Å². The molecule has 1 fully saturated rings. The Balaban J connectivity index is 1.51. The number of carbonyl (C=O) groups excluding carboxylic acids is 2. The van der Waals surface area contributed by atoms with Gasteiger partial charge in [-0.3, -0.25) is 14.7 Å². The minimum Gasteiger partial charge on any atom is -0.379 e. The Bertz CT molecular complexity index is 656. The van der Waals surface area contributed by atoms with E-state index in [0.29, 0.717) is 13.0 Å². The molecule has 1 aromatic heterocycles. The van der Waals surface area contributed by atoms with Crippen LogP contribution < -0.4 is 10.6 Å². The van der Waals surface area contributed by atoms with Crippen LogP contribution in [0.2, 0.25) is 0 Å². The molecule has 2 amide bonds. The summed E-state index contributed by atoms with van der Waals surface area (Å²) in [5, 5.41) is 12.8. The molecule has 7 heteroatoms. The predicted octanol–water partition coefficient (Wildman–Crippen LogP) is 1.87. The van der Waals surface area contributed by atoms with Gasteiger partial charge in [-0.25, -0.2) is 0 Å². The van der Waals surface area contributed by atoms with Gasteiger partial charge >= 0.3 is 0 Å². The van der Waals surface area contributed by atoms with Gasteiger partial charge in [-0.2, -0.15) is 5.10 Å². The van der Waals surface area contributed by atoms with Crippen LogP contribution in [0.5, 0.6) is 0 Å². The van der Waals surface area contributed by atoms with E-state index in [9.17, 15) is 9.59 Å². The van der Waals surface area contributed by atoms with Crippen LogP contribution >= 0.6 is 0 Å². The average Bonchev–Trinajstić information content (AvgIpc) is 3.19. The van der Waals surface area contributed by atoms with Crippen molar-refractivity contribution in [2.75, 3.05) is 13.7 Å². The van der Waals surface area contributed by atoms with Crippen molar-refractivity contribution in [1.82, 2.24) is 20.8 Å². The zero-order valence-electron chi connectivity index (χ0n) is 16.0. The van der Waals surface area contributed by atoms with Crippen LogP contribution in [0.15, 0.2) is 23.9 Å². The number of H-pyrrole nitrogens is 1. The summed E-state index contributed by atoms with van der Waals surface area (Å²) >= 11 is 0. The average molecular weight is 374 g/mol. The summed E-state index contributed by atoms with van der Waals surface area (Å²) in [4.78, 5) is 24.9. The zero-order valence-corrected chi connectivity index (χ0v) is 16.0. The maximum absolute atomic E-state index is 12.6. The van der Waals surface area contributed by atoms with E-state index >= 15 is 0 Å². The standard InChI is InChI=1S/C20H30N4O3/c1-27-18-8-7-15(20(26)21-13-14-5-3-2-4-6-14)11-17(18)23-19(25)12-16-9-10-22-24-16/h5,9-10,15,17-18H,2-4,6-8,11-13H2,1H3,(H,21,26)(H,22,24)(H,23,25)/t15-,17+,18+/m0/s1. The molecule has 0 bridgehead atoms. The lowest BCUT2D eigenvalue weighted by Crippen LogP contribution is -2.50. The van der Waals surface area contributed by atoms with Gasteiger partial charge in [-0.05, 0) is 51.0 Å². The Hall–Kier alpha value is -2.15. The number of allylic oxidation sites excluding steroid dienone is 1. The third-order valence-corrected chi connectivity index (χ3v) is 5.59. The van der Waals surface area contributed by atoms with Gasteiger partial charge < -0.3 is 15.4 Å². The molecule has 0 radical (unpaired) electrons. The van der Waals surface area contributed by atoms with Crippen molar-refractivity contribution in [2.24, 2.45) is 5.92 Å². The Kier molecular flexibility index (Phi) is 7.04. The van der Waals surface area contributed by atoms with Crippen molar-refractivity contribution in [2.45, 2.75) is 63.5 Å². The van der Waals surface area contributed by atoms with Crippen LogP contribution in [0.3, 0.4) is 0 Å². The first kappa shape index (κ1) is 19.6. The van der Waals surface area contributed by atoms with Gasteiger partial charge in [0.05, 0.1) is 18.6 Å². The highest BCUT2D eigenvalue weighted by Crippen LogP contribution is 2.27. The second-order valence-corrected chi connectivity index (χ2v) is 7.54. The fourth-order valence-corrected chi connectivity index (χ4v) is 4.04. The molecule has 3 N–H and O–H groups in total. The summed E-state index contributed by atoms with van der Waals surface area (Å²) in [7, 11) is 1.66. The minimum absolute atomic E-state index is 0.0548. The Morgan fingerprint density at radius 1 is 1.33 bits per heavy atom. The van der Waals surface area contributed by atoms with Crippen LogP contribution in [0, 0.1) is 5.92 Å². The number of methoxy groups -OCH3 is 1. The molecule has 1 aromatic rings. The maximum atomic E-state index is 12.6. The fraction of sp³-hybridized carbons (Fsp3) is 0.650. The molecule has 0 unspecified atom stereocenters. The first-order chi connectivity index (χ1) is 13.2. The molecule has 0 spiro atoms. The summed E-state index contributed by atoms with van der Waals surface area (Å²) in [6.45, 7) is 0.653. The second-order valence-electron chi connectivity index (χ2n) is 7.54. The topological polar surface area (TPSA) is 96.1 Å². The quantitative estimate of drug-likeness (QED) is 0.635. The lowest BCUT2D eigenvalue weighted by molar-refractivity contribution is -0.129. The molecule has 148 valence electrons. The number of hydrogen-bond acceptors (Lipinski definition) is 4. The van der Waals surface area contributed by atoms with Gasteiger partial charge in [-0.15, -0.1) is 0 Å². The van der Waals surface area contributed by atoms with Crippen molar-refractivity contribution in [1.29, 1.82) is 0 Å². The van der Waals surface area contributed by atoms with Gasteiger partial charge in [-0.1, -0.05) is 11.6 Å². The van der Waals surface area contributed by atoms with Crippen LogP contribution in [0.25, 0.3) is 0 Å². The first-order valence-corrected chi connectivity index (χ1v) is 9.91. The molecule has 3 atom stereocenters. The van der Waals surface area contributed by atoms with E-state index in [0.717, 1.165) is 31.4 Å². The monoisotopic (exact) mass is 374 g/mol. The smallest absolute Gasteiger partial charge is 0.226 e. The van der Waals surface area contributed by atoms with Crippen molar-refractivity contribution >= 4 is 11.8 Å². The highest BCUT2D eigenvalue weighted by atomic mass is 16.5. The van der Waals surface area contributed by atoms with Crippen LogP contribution in [0.4, 0.5) is 0 Å². The van der Waals surface area contributed by atoms with Crippen LogP contribution in [-0.4, -0.2) is 47.8 Å². The maximum Gasteiger partial charge on any atom is 0.226 e. The van der Waals surface area contributed by atoms with Gasteiger partial charge in [0.15, 0.2) is 0 Å². The van der Waals surface area contributed by atoms with Crippen molar-refractivity contribution < 1.29 is 14.3 Å². The Morgan fingerprint density at radius 3 is 2.93 bits per heavy atom. The van der Waals surface area contributed by atoms with Gasteiger partial charge in [0.1, 0.15) is 0 Å². The largest absolute Gasteiger partial charge is 0.379 e. The molecule has 3 rings (SSSR count). The molecule has 27 heavy (non-hydrogen) atoms. The lowest BCUT2D eigenvalue weighted by Gasteiger charge is -2.35. The molecule has 0 aliphatic heterocycles. The molecule has 1 heterocycles. The van der Waals surface area contributed by atoms with E-state index in [1.54, 1.807) is 19.4 Å². The number of ether oxygens (including phenoxy) is 1. The number of hydrogen-bond donors (Lipinski definition) is 3. The van der Waals surface area contributed by atoms with E-state index in [4.69, 9.17) is 4.74 Å². The summed E-state index contributed by atoms with van der Waals surface area (Å²) in [5.74, 6) is -0.0818. The first-order valence-electron chi connectivity index (χ1n) is 9.91. The highest BCUT2D eigenvalue weighted by Gasteiger charge is 2.34. The van der Waals surface area contributed by atoms with Gasteiger partial charge in [0.25, 0.3) is 0 Å². The molecular weight excluding hydrogens is 344 g/mol. The predicted molar refractivity (Wildman–Crippen MR) is 102 cm³/mol. The summed E-state index contributed by atoms with van der Waals surface area (Å²) < 4.78 is 5.55. The molecule has 0 aromatic carbocycles. The normalized spacial score (nSPS) is 25.5. The number of amides is 2. The summed E-state index contributed by atoms with van der Waals surface area (Å²) in [6, 6.07) is 1.63. The van der Waals surface area contributed by atoms with E-state index < -0.39 is 0 Å². The molecule has 2 aliphatic carbocycles. The number of aromatic nitrogens is 2. The SMILES string of the molecule is CO[C@@H]1CC[C@H](C(=O)NCC2=CCCCC2)C[C@H]1NC(=O)Cc1ccn[nH]1. The Morgan fingerprint density at radius 2 is 2.22 bits per heavy atom. The Labute approximate surface area is 160 Å². The van der Waals surface area contributed by atoms with E-state index in [1.807, 2.05) is 0 Å². The number of aromatic amines is 1. The van der Waals surface area contributed by atoms with E-state index in [-0.39, 0.29) is 36.3 Å². The lowest BCUT2D eigenvalue weighted by atomic mass is 9.83. The van der Waals surface area contributed by atoms with Gasteiger partial charge in [0.2, 0.25) is 11.8 Å². The van der Waals surface area contributed by atoms with Crippen molar-refractivity contribution in [3.8, 4) is 0 Å². The van der Waals surface area contributed by atoms with Crippen LogP contribution in [-0.2, 0) is 20.7 Å². The second kappa shape index (κ2) is 9.69. The van der Waals surface area contributed by atoms with Gasteiger partial charge in [0, 0.05) is 31.5 Å². The molecular formula is C20H30N4O3. The number of nitrogens with one attached hydrogen (secondary N) is 3. The van der Waals surface area contributed by atoms with E-state index in [1.165, 1.54) is 18.4 Å².